The van der Waals surface area contributed by atoms with Crippen molar-refractivity contribution in [3.8, 4) is 0 Å². The van der Waals surface area contributed by atoms with Gasteiger partial charge in [0.2, 0.25) is 0 Å². The van der Waals surface area contributed by atoms with E-state index in [1.54, 1.807) is 24.3 Å². The number of rotatable bonds is 4. The molecule has 3 rings (SSSR count). The van der Waals surface area contributed by atoms with E-state index in [1.165, 1.54) is 0 Å². The van der Waals surface area contributed by atoms with Gasteiger partial charge in [0.15, 0.2) is 16.6 Å². The number of fused-ring (bicyclic) bond motifs is 1. The summed E-state index contributed by atoms with van der Waals surface area (Å²) in [6.45, 7) is 0. The number of ketones is 1. The maximum atomic E-state index is 12.9. The zero-order valence-electron chi connectivity index (χ0n) is 12.2. The van der Waals surface area contributed by atoms with Gasteiger partial charge in [0.05, 0.1) is 21.4 Å². The Kier molecular flexibility index (Phi) is 4.95. The largest absolute Gasteiger partial charge is 0.417 e. The summed E-state index contributed by atoms with van der Waals surface area (Å²) in [5.41, 5.74) is -0.508. The van der Waals surface area contributed by atoms with E-state index in [9.17, 15) is 18.0 Å². The van der Waals surface area contributed by atoms with Gasteiger partial charge in [-0.25, -0.2) is 0 Å². The third-order valence-electron chi connectivity index (χ3n) is 3.26. The number of carbonyl (C=O) groups excluding carboxylic acids is 1. The zero-order valence-corrected chi connectivity index (χ0v) is 14.5. The first kappa shape index (κ1) is 18.0. The number of hydrogen-bond acceptors (Lipinski definition) is 4. The first-order valence-corrected chi connectivity index (χ1v) is 8.53. The zero-order chi connectivity index (χ0) is 18.2. The molecule has 0 aliphatic rings. The molecule has 4 nitrogen and oxygen atoms in total. The highest BCUT2D eigenvalue weighted by molar-refractivity contribution is 7.99. The Bertz CT molecular complexity index is 959. The van der Waals surface area contributed by atoms with E-state index < -0.39 is 11.7 Å². The highest BCUT2D eigenvalue weighted by Gasteiger charge is 2.32. The van der Waals surface area contributed by atoms with Gasteiger partial charge in [0, 0.05) is 11.8 Å². The topological polar surface area (TPSA) is 47.3 Å². The van der Waals surface area contributed by atoms with Crippen molar-refractivity contribution in [2.75, 3.05) is 5.75 Å². The normalized spacial score (nSPS) is 11.9. The minimum absolute atomic E-state index is 0.0572. The second-order valence-corrected chi connectivity index (χ2v) is 6.70. The molecular weight excluding hydrogens is 398 g/mol. The van der Waals surface area contributed by atoms with Crippen LogP contribution >= 0.6 is 35.0 Å². The van der Waals surface area contributed by atoms with Gasteiger partial charge in [-0.2, -0.15) is 13.2 Å². The third-order valence-corrected chi connectivity index (χ3v) is 4.81. The fourth-order valence-electron chi connectivity index (χ4n) is 2.08. The summed E-state index contributed by atoms with van der Waals surface area (Å²) in [7, 11) is 0. The van der Waals surface area contributed by atoms with Crippen LogP contribution < -0.4 is 0 Å². The molecule has 2 aromatic heterocycles. The maximum absolute atomic E-state index is 12.9. The first-order valence-electron chi connectivity index (χ1n) is 6.79. The average molecular weight is 406 g/mol. The highest BCUT2D eigenvalue weighted by atomic mass is 35.5. The van der Waals surface area contributed by atoms with Crippen LogP contribution in [0.1, 0.15) is 15.9 Å². The monoisotopic (exact) mass is 405 g/mol. The molecule has 0 radical (unpaired) electrons. The second-order valence-electron chi connectivity index (χ2n) is 4.94. The molecule has 3 aromatic rings. The maximum Gasteiger partial charge on any atom is 0.417 e. The molecule has 130 valence electrons. The Balaban J connectivity index is 1.88. The van der Waals surface area contributed by atoms with E-state index in [0.29, 0.717) is 10.6 Å². The number of thioether (sulfide) groups is 1. The van der Waals surface area contributed by atoms with Crippen LogP contribution in [0.25, 0.3) is 5.65 Å². The molecular formula is C15H8Cl2F3N3OS. The minimum atomic E-state index is -4.56. The predicted molar refractivity (Wildman–Crippen MR) is 89.5 cm³/mol. The Morgan fingerprint density at radius 3 is 2.56 bits per heavy atom. The van der Waals surface area contributed by atoms with E-state index >= 15 is 0 Å². The summed E-state index contributed by atoms with van der Waals surface area (Å²) in [4.78, 5) is 12.2. The predicted octanol–water partition coefficient (Wildman–Crippen LogP) is 5.03. The lowest BCUT2D eigenvalue weighted by atomic mass is 10.1. The molecule has 2 heterocycles. The van der Waals surface area contributed by atoms with Crippen molar-refractivity contribution in [2.24, 2.45) is 0 Å². The van der Waals surface area contributed by atoms with Crippen LogP contribution in [0.3, 0.4) is 0 Å². The van der Waals surface area contributed by atoms with Crippen LogP contribution in [0.2, 0.25) is 10.0 Å². The van der Waals surface area contributed by atoms with Gasteiger partial charge in [-0.15, -0.1) is 10.2 Å². The SMILES string of the molecule is O=C(CSc1nnc2c(Cl)cc(C(F)(F)F)cn12)c1ccccc1Cl. The van der Waals surface area contributed by atoms with Crippen molar-refractivity contribution < 1.29 is 18.0 Å². The van der Waals surface area contributed by atoms with Crippen molar-refractivity contribution >= 4 is 46.4 Å². The fraction of sp³-hybridized carbons (Fsp3) is 0.133. The van der Waals surface area contributed by atoms with Gasteiger partial charge in [0.1, 0.15) is 0 Å². The van der Waals surface area contributed by atoms with Crippen LogP contribution in [-0.4, -0.2) is 26.1 Å². The number of carbonyl (C=O) groups is 1. The second kappa shape index (κ2) is 6.86. The molecule has 0 amide bonds. The highest BCUT2D eigenvalue weighted by Crippen LogP contribution is 2.33. The van der Waals surface area contributed by atoms with Crippen molar-refractivity contribution in [1.82, 2.24) is 14.6 Å². The van der Waals surface area contributed by atoms with Gasteiger partial charge in [0.25, 0.3) is 0 Å². The van der Waals surface area contributed by atoms with Gasteiger partial charge in [-0.1, -0.05) is 47.1 Å². The number of Topliss-reactive ketones (excluding diaryl/α,β-unsaturated/α-hetero) is 1. The van der Waals surface area contributed by atoms with Crippen molar-refractivity contribution in [2.45, 2.75) is 11.3 Å². The minimum Gasteiger partial charge on any atom is -0.293 e. The smallest absolute Gasteiger partial charge is 0.293 e. The van der Waals surface area contributed by atoms with Crippen molar-refractivity contribution in [3.63, 3.8) is 0 Å². The molecule has 25 heavy (non-hydrogen) atoms. The summed E-state index contributed by atoms with van der Waals surface area (Å²) in [6.07, 6.45) is -3.71. The summed E-state index contributed by atoms with van der Waals surface area (Å²) in [5.74, 6) is -0.330. The van der Waals surface area contributed by atoms with Crippen molar-refractivity contribution in [3.05, 3.63) is 57.7 Å². The quantitative estimate of drug-likeness (QED) is 0.451. The molecule has 0 aliphatic heterocycles. The summed E-state index contributed by atoms with van der Waals surface area (Å²) >= 11 is 12.8. The number of pyridine rings is 1. The molecule has 0 fully saturated rings. The lowest BCUT2D eigenvalue weighted by Crippen LogP contribution is -2.07. The Morgan fingerprint density at radius 2 is 1.88 bits per heavy atom. The molecule has 0 spiro atoms. The molecule has 0 bridgehead atoms. The van der Waals surface area contributed by atoms with Gasteiger partial charge in [-0.05, 0) is 18.2 Å². The van der Waals surface area contributed by atoms with Crippen LogP contribution in [-0.2, 0) is 6.18 Å². The number of nitrogens with zero attached hydrogens (tertiary/aromatic N) is 3. The fourth-order valence-corrected chi connectivity index (χ4v) is 3.36. The molecule has 10 heteroatoms. The number of halogens is 5. The summed E-state index contributed by atoms with van der Waals surface area (Å²) < 4.78 is 39.9. The van der Waals surface area contributed by atoms with E-state index in [-0.39, 0.29) is 27.4 Å². The molecule has 0 N–H and O–H groups in total. The van der Waals surface area contributed by atoms with Gasteiger partial charge in [-0.3, -0.25) is 9.20 Å². The molecule has 0 saturated heterocycles. The number of benzene rings is 1. The Hall–Kier alpha value is -1.77. The number of aromatic nitrogens is 3. The molecule has 0 unspecified atom stereocenters. The summed E-state index contributed by atoms with van der Waals surface area (Å²) in [5, 5.41) is 7.83. The van der Waals surface area contributed by atoms with Crippen LogP contribution in [0.15, 0.2) is 41.7 Å². The van der Waals surface area contributed by atoms with Crippen LogP contribution in [0.4, 0.5) is 13.2 Å². The molecule has 0 atom stereocenters. The van der Waals surface area contributed by atoms with E-state index in [2.05, 4.69) is 10.2 Å². The van der Waals surface area contributed by atoms with Gasteiger partial charge < -0.3 is 0 Å². The number of hydrogen-bond donors (Lipinski definition) is 0. The Morgan fingerprint density at radius 1 is 1.16 bits per heavy atom. The first-order chi connectivity index (χ1) is 11.8. The average Bonchev–Trinajstić information content (AvgIpc) is 2.96. The third kappa shape index (κ3) is 3.75. The van der Waals surface area contributed by atoms with E-state index in [0.717, 1.165) is 28.4 Å². The standard InChI is InChI=1S/C15H8Cl2F3N3OS/c16-10-4-2-1-3-9(10)12(24)7-25-14-22-21-13-11(17)5-8(6-23(13)14)15(18,19)20/h1-6H,7H2. The Labute approximate surface area is 153 Å². The van der Waals surface area contributed by atoms with E-state index in [4.69, 9.17) is 23.2 Å². The lowest BCUT2D eigenvalue weighted by molar-refractivity contribution is -0.137. The van der Waals surface area contributed by atoms with Crippen molar-refractivity contribution in [1.29, 1.82) is 0 Å². The van der Waals surface area contributed by atoms with E-state index in [1.807, 2.05) is 0 Å². The van der Waals surface area contributed by atoms with Gasteiger partial charge >= 0.3 is 6.18 Å². The lowest BCUT2D eigenvalue weighted by Gasteiger charge is -2.08. The van der Waals surface area contributed by atoms with Crippen LogP contribution in [0.5, 0.6) is 0 Å². The molecule has 1 aromatic carbocycles. The molecule has 0 saturated carbocycles. The molecule has 0 aliphatic carbocycles. The number of alkyl halides is 3. The van der Waals surface area contributed by atoms with Crippen LogP contribution in [0, 0.1) is 0 Å². The summed E-state index contributed by atoms with van der Waals surface area (Å²) in [6, 6.07) is 7.31.